The molecule has 1 amide bonds. The summed E-state index contributed by atoms with van der Waals surface area (Å²) in [5.74, 6) is 0.280. The monoisotopic (exact) mass is 274 g/mol. The quantitative estimate of drug-likeness (QED) is 0.895. The average molecular weight is 274 g/mol. The lowest BCUT2D eigenvalue weighted by molar-refractivity contribution is -0.133. The highest BCUT2D eigenvalue weighted by Crippen LogP contribution is 2.15. The molecule has 1 N–H and O–H groups in total. The van der Waals surface area contributed by atoms with Crippen LogP contribution in [0.15, 0.2) is 24.3 Å². The highest BCUT2D eigenvalue weighted by atomic mass is 16.2. The summed E-state index contributed by atoms with van der Waals surface area (Å²) in [4.78, 5) is 14.7. The summed E-state index contributed by atoms with van der Waals surface area (Å²) >= 11 is 0. The highest BCUT2D eigenvalue weighted by Gasteiger charge is 2.24. The van der Waals surface area contributed by atoms with E-state index >= 15 is 0 Å². The molecule has 0 bridgehead atoms. The Morgan fingerprint density at radius 2 is 1.90 bits per heavy atom. The van der Waals surface area contributed by atoms with Crippen LogP contribution < -0.4 is 5.32 Å². The zero-order chi connectivity index (χ0) is 14.4. The number of hydrogen-bond acceptors (Lipinski definition) is 2. The summed E-state index contributed by atoms with van der Waals surface area (Å²) in [5, 5.41) is 3.37. The Kier molecular flexibility index (Phi) is 5.60. The third-order valence-electron chi connectivity index (χ3n) is 4.01. The lowest BCUT2D eigenvalue weighted by Crippen LogP contribution is -2.47. The van der Waals surface area contributed by atoms with Crippen LogP contribution >= 0.6 is 0 Å². The van der Waals surface area contributed by atoms with E-state index in [9.17, 15) is 4.79 Å². The molecule has 1 saturated heterocycles. The standard InChI is InChI=1S/C17H26N2O/c1-3-12-19(16-8-10-18-11-9-16)17(20)13-15-6-4-14(2)5-7-15/h4-7,16,18H,3,8-13H2,1-2H3. The summed E-state index contributed by atoms with van der Waals surface area (Å²) in [6.07, 6.45) is 3.73. The van der Waals surface area contributed by atoms with Crippen molar-refractivity contribution in [1.29, 1.82) is 0 Å². The summed E-state index contributed by atoms with van der Waals surface area (Å²) in [6, 6.07) is 8.72. The van der Waals surface area contributed by atoms with Crippen molar-refractivity contribution in [3.05, 3.63) is 35.4 Å². The van der Waals surface area contributed by atoms with E-state index < -0.39 is 0 Å². The van der Waals surface area contributed by atoms with Crippen molar-refractivity contribution in [1.82, 2.24) is 10.2 Å². The zero-order valence-electron chi connectivity index (χ0n) is 12.7. The molecule has 1 aliphatic rings. The molecule has 3 heteroatoms. The van der Waals surface area contributed by atoms with Gasteiger partial charge in [-0.15, -0.1) is 0 Å². The van der Waals surface area contributed by atoms with Crippen molar-refractivity contribution < 1.29 is 4.79 Å². The number of carbonyl (C=O) groups excluding carboxylic acids is 1. The van der Waals surface area contributed by atoms with Crippen LogP contribution in [0.25, 0.3) is 0 Å². The lowest BCUT2D eigenvalue weighted by Gasteiger charge is -2.34. The number of nitrogens with one attached hydrogen (secondary N) is 1. The highest BCUT2D eigenvalue weighted by molar-refractivity contribution is 5.79. The summed E-state index contributed by atoms with van der Waals surface area (Å²) < 4.78 is 0. The molecular weight excluding hydrogens is 248 g/mol. The van der Waals surface area contributed by atoms with Crippen LogP contribution in [0, 0.1) is 6.92 Å². The number of benzene rings is 1. The fourth-order valence-electron chi connectivity index (χ4n) is 2.85. The van der Waals surface area contributed by atoms with Crippen molar-refractivity contribution in [3.63, 3.8) is 0 Å². The Balaban J connectivity index is 2.00. The minimum atomic E-state index is 0.280. The molecule has 0 aliphatic carbocycles. The minimum Gasteiger partial charge on any atom is -0.339 e. The zero-order valence-corrected chi connectivity index (χ0v) is 12.7. The topological polar surface area (TPSA) is 32.3 Å². The van der Waals surface area contributed by atoms with Gasteiger partial charge in [0, 0.05) is 12.6 Å². The van der Waals surface area contributed by atoms with Gasteiger partial charge in [0.1, 0.15) is 0 Å². The van der Waals surface area contributed by atoms with Gasteiger partial charge in [-0.3, -0.25) is 4.79 Å². The Bertz CT molecular complexity index is 421. The van der Waals surface area contributed by atoms with E-state index in [0.717, 1.165) is 44.5 Å². The first-order valence-corrected chi connectivity index (χ1v) is 7.76. The number of carbonyl (C=O) groups is 1. The fraction of sp³-hybridized carbons (Fsp3) is 0.588. The third kappa shape index (κ3) is 4.07. The Morgan fingerprint density at radius 3 is 2.50 bits per heavy atom. The summed E-state index contributed by atoms with van der Waals surface area (Å²) in [5.41, 5.74) is 2.36. The Morgan fingerprint density at radius 1 is 1.25 bits per heavy atom. The van der Waals surface area contributed by atoms with Gasteiger partial charge in [-0.05, 0) is 44.8 Å². The van der Waals surface area contributed by atoms with Gasteiger partial charge in [0.2, 0.25) is 5.91 Å². The maximum absolute atomic E-state index is 12.6. The molecule has 0 aromatic heterocycles. The van der Waals surface area contributed by atoms with Crippen molar-refractivity contribution in [2.24, 2.45) is 0 Å². The average Bonchev–Trinajstić information content (AvgIpc) is 2.48. The largest absolute Gasteiger partial charge is 0.339 e. The van der Waals surface area contributed by atoms with E-state index in [-0.39, 0.29) is 5.91 Å². The van der Waals surface area contributed by atoms with Gasteiger partial charge >= 0.3 is 0 Å². The first-order chi connectivity index (χ1) is 9.70. The van der Waals surface area contributed by atoms with Gasteiger partial charge in [-0.25, -0.2) is 0 Å². The summed E-state index contributed by atoms with van der Waals surface area (Å²) in [6.45, 7) is 7.16. The number of piperidine rings is 1. The molecule has 1 aromatic carbocycles. The van der Waals surface area contributed by atoms with Crippen molar-refractivity contribution in [2.45, 2.75) is 45.6 Å². The molecule has 0 saturated carbocycles. The predicted molar refractivity (Wildman–Crippen MR) is 82.8 cm³/mol. The number of rotatable bonds is 5. The second kappa shape index (κ2) is 7.44. The Hall–Kier alpha value is -1.35. The Labute approximate surface area is 122 Å². The SMILES string of the molecule is CCCN(C(=O)Cc1ccc(C)cc1)C1CCNCC1. The molecule has 0 unspecified atom stereocenters. The van der Waals surface area contributed by atoms with Gasteiger partial charge in [0.25, 0.3) is 0 Å². The van der Waals surface area contributed by atoms with Gasteiger partial charge in [0.05, 0.1) is 6.42 Å². The third-order valence-corrected chi connectivity index (χ3v) is 4.01. The number of aryl methyl sites for hydroxylation is 1. The summed E-state index contributed by atoms with van der Waals surface area (Å²) in [7, 11) is 0. The van der Waals surface area contributed by atoms with Gasteiger partial charge in [0.15, 0.2) is 0 Å². The van der Waals surface area contributed by atoms with E-state index in [4.69, 9.17) is 0 Å². The first-order valence-electron chi connectivity index (χ1n) is 7.76. The lowest BCUT2D eigenvalue weighted by atomic mass is 10.0. The molecule has 1 heterocycles. The van der Waals surface area contributed by atoms with E-state index in [0.29, 0.717) is 12.5 Å². The number of nitrogens with zero attached hydrogens (tertiary/aromatic N) is 1. The van der Waals surface area contributed by atoms with Crippen molar-refractivity contribution in [2.75, 3.05) is 19.6 Å². The van der Waals surface area contributed by atoms with Crippen LogP contribution in [0.5, 0.6) is 0 Å². The second-order valence-corrected chi connectivity index (χ2v) is 5.73. The van der Waals surface area contributed by atoms with Crippen LogP contribution in [0.3, 0.4) is 0 Å². The second-order valence-electron chi connectivity index (χ2n) is 5.73. The molecule has 0 radical (unpaired) electrons. The normalized spacial score (nSPS) is 16.1. The fourth-order valence-corrected chi connectivity index (χ4v) is 2.85. The predicted octanol–water partition coefficient (Wildman–Crippen LogP) is 2.53. The smallest absolute Gasteiger partial charge is 0.227 e. The molecule has 2 rings (SSSR count). The molecule has 0 spiro atoms. The molecule has 1 fully saturated rings. The van der Waals surface area contributed by atoms with Crippen LogP contribution in [-0.2, 0) is 11.2 Å². The van der Waals surface area contributed by atoms with E-state index in [2.05, 4.69) is 48.3 Å². The number of hydrogen-bond donors (Lipinski definition) is 1. The molecule has 1 aromatic rings. The maximum Gasteiger partial charge on any atom is 0.227 e. The van der Waals surface area contributed by atoms with Crippen molar-refractivity contribution >= 4 is 5.91 Å². The first kappa shape index (κ1) is 15.0. The van der Waals surface area contributed by atoms with Crippen LogP contribution in [0.4, 0.5) is 0 Å². The maximum atomic E-state index is 12.6. The molecule has 110 valence electrons. The van der Waals surface area contributed by atoms with Gasteiger partial charge < -0.3 is 10.2 Å². The van der Waals surface area contributed by atoms with Gasteiger partial charge in [-0.2, -0.15) is 0 Å². The molecule has 1 aliphatic heterocycles. The van der Waals surface area contributed by atoms with E-state index in [1.54, 1.807) is 0 Å². The minimum absolute atomic E-state index is 0.280. The van der Waals surface area contributed by atoms with Crippen molar-refractivity contribution in [3.8, 4) is 0 Å². The van der Waals surface area contributed by atoms with E-state index in [1.165, 1.54) is 5.56 Å². The van der Waals surface area contributed by atoms with E-state index in [1.807, 2.05) is 0 Å². The molecule has 0 atom stereocenters. The molecular formula is C17H26N2O. The molecule has 3 nitrogen and oxygen atoms in total. The van der Waals surface area contributed by atoms with Crippen LogP contribution in [-0.4, -0.2) is 36.5 Å². The van der Waals surface area contributed by atoms with Crippen LogP contribution in [0.2, 0.25) is 0 Å². The van der Waals surface area contributed by atoms with Gasteiger partial charge in [-0.1, -0.05) is 36.8 Å². The molecule has 20 heavy (non-hydrogen) atoms. The van der Waals surface area contributed by atoms with Crippen LogP contribution in [0.1, 0.15) is 37.3 Å². The number of amides is 1.